The molecule has 0 fully saturated rings. The number of carbonyl (C=O) groups is 2. The average Bonchev–Trinajstić information content (AvgIpc) is 3.30. The first-order chi connectivity index (χ1) is 14.6. The zero-order valence-electron chi connectivity index (χ0n) is 16.3. The molecule has 6 nitrogen and oxygen atoms in total. The van der Waals surface area contributed by atoms with Crippen molar-refractivity contribution in [2.75, 3.05) is 17.2 Å². The summed E-state index contributed by atoms with van der Waals surface area (Å²) in [6.07, 6.45) is 5.00. The van der Waals surface area contributed by atoms with Crippen LogP contribution in [-0.4, -0.2) is 33.7 Å². The average molecular weight is 425 g/mol. The van der Waals surface area contributed by atoms with Gasteiger partial charge in [-0.25, -0.2) is 9.37 Å². The third-order valence-electron chi connectivity index (χ3n) is 4.88. The van der Waals surface area contributed by atoms with E-state index in [0.29, 0.717) is 17.8 Å². The molecule has 0 saturated heterocycles. The van der Waals surface area contributed by atoms with Crippen LogP contribution >= 0.6 is 11.8 Å². The molecule has 2 amide bonds. The van der Waals surface area contributed by atoms with Crippen molar-refractivity contribution in [3.63, 3.8) is 0 Å². The number of para-hydroxylation sites is 1. The van der Waals surface area contributed by atoms with E-state index in [4.69, 9.17) is 0 Å². The monoisotopic (exact) mass is 424 g/mol. The first-order valence-corrected chi connectivity index (χ1v) is 10.7. The van der Waals surface area contributed by atoms with Crippen molar-refractivity contribution in [1.29, 1.82) is 0 Å². The van der Waals surface area contributed by atoms with Gasteiger partial charge in [0.25, 0.3) is 0 Å². The molecule has 0 saturated carbocycles. The van der Waals surface area contributed by atoms with Gasteiger partial charge in [-0.3, -0.25) is 9.59 Å². The van der Waals surface area contributed by atoms with Gasteiger partial charge in [-0.15, -0.1) is 11.8 Å². The summed E-state index contributed by atoms with van der Waals surface area (Å²) in [6, 6.07) is 12.6. The van der Waals surface area contributed by atoms with Crippen LogP contribution in [0.1, 0.15) is 18.4 Å². The summed E-state index contributed by atoms with van der Waals surface area (Å²) < 4.78 is 15.9. The molecular formula is C22H21FN4O2S. The highest BCUT2D eigenvalue weighted by Crippen LogP contribution is 2.34. The molecular weight excluding hydrogens is 403 g/mol. The lowest BCUT2D eigenvalue weighted by Crippen LogP contribution is -2.36. The summed E-state index contributed by atoms with van der Waals surface area (Å²) in [6.45, 7) is 0.849. The minimum atomic E-state index is -0.392. The molecule has 3 aromatic rings. The van der Waals surface area contributed by atoms with Gasteiger partial charge in [-0.05, 0) is 29.8 Å². The Morgan fingerprint density at radius 1 is 1.13 bits per heavy atom. The van der Waals surface area contributed by atoms with Crippen LogP contribution in [0.5, 0.6) is 0 Å². The Kier molecular flexibility index (Phi) is 6.13. The second-order valence-electron chi connectivity index (χ2n) is 6.89. The molecule has 30 heavy (non-hydrogen) atoms. The normalized spacial score (nSPS) is 13.0. The van der Waals surface area contributed by atoms with Crippen LogP contribution < -0.4 is 10.2 Å². The Hall–Kier alpha value is -3.13. The fourth-order valence-corrected chi connectivity index (χ4v) is 4.34. The molecule has 0 radical (unpaired) electrons. The fraction of sp³-hybridized carbons (Fsp3) is 0.227. The number of nitrogens with zero attached hydrogens (tertiary/aromatic N) is 3. The SMILES string of the molecule is O=C(CCC(=O)N1CCSc2ccccc21)NCc1ccc(-n2ccnc2)c(F)c1. The fourth-order valence-electron chi connectivity index (χ4n) is 3.34. The quantitative estimate of drug-likeness (QED) is 0.657. The number of carbonyl (C=O) groups excluding carboxylic acids is 2. The van der Waals surface area contributed by atoms with E-state index in [-0.39, 0.29) is 31.2 Å². The molecule has 1 N–H and O–H groups in total. The van der Waals surface area contributed by atoms with Crippen LogP contribution in [0.15, 0.2) is 66.1 Å². The Bertz CT molecular complexity index is 1060. The molecule has 2 aromatic carbocycles. The minimum absolute atomic E-state index is 0.0615. The van der Waals surface area contributed by atoms with Gasteiger partial charge in [0.05, 0.1) is 17.7 Å². The van der Waals surface area contributed by atoms with Crippen molar-refractivity contribution in [3.05, 3.63) is 72.6 Å². The number of imidazole rings is 1. The van der Waals surface area contributed by atoms with Gasteiger partial charge in [0.15, 0.2) is 0 Å². The van der Waals surface area contributed by atoms with Crippen LogP contribution in [0, 0.1) is 5.82 Å². The van der Waals surface area contributed by atoms with E-state index < -0.39 is 5.82 Å². The van der Waals surface area contributed by atoms with Gasteiger partial charge in [0, 0.05) is 49.0 Å². The first-order valence-electron chi connectivity index (χ1n) is 9.67. The van der Waals surface area contributed by atoms with Crippen LogP contribution in [0.25, 0.3) is 5.69 Å². The molecule has 0 atom stereocenters. The van der Waals surface area contributed by atoms with Crippen LogP contribution in [0.3, 0.4) is 0 Å². The molecule has 1 aromatic heterocycles. The zero-order valence-corrected chi connectivity index (χ0v) is 17.1. The predicted molar refractivity (Wildman–Crippen MR) is 114 cm³/mol. The van der Waals surface area contributed by atoms with E-state index in [0.717, 1.165) is 16.3 Å². The number of anilines is 1. The maximum absolute atomic E-state index is 14.3. The number of aromatic nitrogens is 2. The van der Waals surface area contributed by atoms with E-state index in [1.165, 1.54) is 12.4 Å². The molecule has 8 heteroatoms. The number of fused-ring (bicyclic) bond motifs is 1. The van der Waals surface area contributed by atoms with Crippen molar-refractivity contribution < 1.29 is 14.0 Å². The summed E-state index contributed by atoms with van der Waals surface area (Å²) in [5.41, 5.74) is 1.96. The smallest absolute Gasteiger partial charge is 0.227 e. The number of rotatable bonds is 6. The van der Waals surface area contributed by atoms with Gasteiger partial charge < -0.3 is 14.8 Å². The van der Waals surface area contributed by atoms with E-state index in [2.05, 4.69) is 10.3 Å². The van der Waals surface area contributed by atoms with Crippen molar-refractivity contribution in [1.82, 2.24) is 14.9 Å². The third kappa shape index (κ3) is 4.54. The van der Waals surface area contributed by atoms with Gasteiger partial charge in [0.2, 0.25) is 11.8 Å². The summed E-state index contributed by atoms with van der Waals surface area (Å²) in [5.74, 6) is 0.155. The van der Waals surface area contributed by atoms with Crippen LogP contribution in [-0.2, 0) is 16.1 Å². The number of hydrogen-bond donors (Lipinski definition) is 1. The van der Waals surface area contributed by atoms with Gasteiger partial charge >= 0.3 is 0 Å². The van der Waals surface area contributed by atoms with Gasteiger partial charge in [-0.1, -0.05) is 18.2 Å². The summed E-state index contributed by atoms with van der Waals surface area (Å²) in [4.78, 5) is 31.6. The summed E-state index contributed by atoms with van der Waals surface area (Å²) in [5, 5.41) is 2.76. The Morgan fingerprint density at radius 3 is 2.80 bits per heavy atom. The number of nitrogens with one attached hydrogen (secondary N) is 1. The lowest BCUT2D eigenvalue weighted by atomic mass is 10.2. The maximum atomic E-state index is 14.3. The number of hydrogen-bond acceptors (Lipinski definition) is 4. The number of halogens is 1. The zero-order chi connectivity index (χ0) is 20.9. The topological polar surface area (TPSA) is 67.2 Å². The highest BCUT2D eigenvalue weighted by atomic mass is 32.2. The standard InChI is InChI=1S/C22H21FN4O2S/c23-17-13-16(5-6-18(17)26-10-9-24-15-26)14-25-21(28)7-8-22(29)27-11-12-30-20-4-2-1-3-19(20)27/h1-6,9-10,13,15H,7-8,11-12,14H2,(H,25,28). The lowest BCUT2D eigenvalue weighted by molar-refractivity contribution is -0.125. The molecule has 1 aliphatic heterocycles. The second kappa shape index (κ2) is 9.13. The molecule has 0 spiro atoms. The van der Waals surface area contributed by atoms with Gasteiger partial charge in [-0.2, -0.15) is 0 Å². The number of amides is 2. The molecule has 154 valence electrons. The van der Waals surface area contributed by atoms with Crippen LogP contribution in [0.2, 0.25) is 0 Å². The minimum Gasteiger partial charge on any atom is -0.352 e. The Labute approximate surface area is 178 Å². The lowest BCUT2D eigenvalue weighted by Gasteiger charge is -2.29. The summed E-state index contributed by atoms with van der Waals surface area (Å²) >= 11 is 1.73. The first kappa shape index (κ1) is 20.2. The molecule has 1 aliphatic rings. The second-order valence-corrected chi connectivity index (χ2v) is 8.03. The van der Waals surface area contributed by atoms with E-state index >= 15 is 0 Å². The predicted octanol–water partition coefficient (Wildman–Crippen LogP) is 3.55. The van der Waals surface area contributed by atoms with E-state index in [9.17, 15) is 14.0 Å². The van der Waals surface area contributed by atoms with Crippen molar-refractivity contribution >= 4 is 29.3 Å². The highest BCUT2D eigenvalue weighted by molar-refractivity contribution is 7.99. The van der Waals surface area contributed by atoms with Crippen molar-refractivity contribution in [2.24, 2.45) is 0 Å². The van der Waals surface area contributed by atoms with Gasteiger partial charge in [0.1, 0.15) is 5.82 Å². The van der Waals surface area contributed by atoms with E-state index in [1.807, 2.05) is 24.3 Å². The maximum Gasteiger partial charge on any atom is 0.227 e. The Morgan fingerprint density at radius 2 is 2.00 bits per heavy atom. The third-order valence-corrected chi connectivity index (χ3v) is 5.92. The largest absolute Gasteiger partial charge is 0.352 e. The Balaban J connectivity index is 1.29. The molecule has 2 heterocycles. The molecule has 4 rings (SSSR count). The molecule has 0 aliphatic carbocycles. The highest BCUT2D eigenvalue weighted by Gasteiger charge is 2.22. The number of benzene rings is 2. The van der Waals surface area contributed by atoms with Crippen molar-refractivity contribution in [2.45, 2.75) is 24.3 Å². The van der Waals surface area contributed by atoms with Crippen LogP contribution in [0.4, 0.5) is 10.1 Å². The van der Waals surface area contributed by atoms with E-state index in [1.54, 1.807) is 45.8 Å². The van der Waals surface area contributed by atoms with Crippen molar-refractivity contribution in [3.8, 4) is 5.69 Å². The molecule has 0 unspecified atom stereocenters. The summed E-state index contributed by atoms with van der Waals surface area (Å²) in [7, 11) is 0. The molecule has 0 bridgehead atoms. The number of thioether (sulfide) groups is 1.